The van der Waals surface area contributed by atoms with Crippen molar-refractivity contribution in [3.63, 3.8) is 0 Å². The van der Waals surface area contributed by atoms with Gasteiger partial charge in [0.15, 0.2) is 5.78 Å². The lowest BCUT2D eigenvalue weighted by molar-refractivity contribution is -0.116. The van der Waals surface area contributed by atoms with Crippen LogP contribution in [0.2, 0.25) is 0 Å². The molecular weight excluding hydrogens is 374 g/mol. The smallest absolute Gasteiger partial charge is 0.256 e. The number of ketones is 1. The van der Waals surface area contributed by atoms with Crippen molar-refractivity contribution in [2.24, 2.45) is 0 Å². The van der Waals surface area contributed by atoms with E-state index in [4.69, 9.17) is 0 Å². The SMILES string of the molecule is C=CCn1c(=O)c(C2Nc3ccccc3NC3=C2C(=O)CCC3)cc2ccccc21. The zero-order valence-corrected chi connectivity index (χ0v) is 16.7. The van der Waals surface area contributed by atoms with E-state index in [2.05, 4.69) is 17.2 Å². The van der Waals surface area contributed by atoms with Crippen molar-refractivity contribution in [3.05, 3.63) is 94.4 Å². The van der Waals surface area contributed by atoms with Crippen LogP contribution in [0.25, 0.3) is 10.9 Å². The zero-order valence-electron chi connectivity index (χ0n) is 16.7. The van der Waals surface area contributed by atoms with Gasteiger partial charge in [0.2, 0.25) is 0 Å². The largest absolute Gasteiger partial charge is 0.372 e. The minimum absolute atomic E-state index is 0.0943. The van der Waals surface area contributed by atoms with Gasteiger partial charge in [0.1, 0.15) is 0 Å². The van der Waals surface area contributed by atoms with Gasteiger partial charge in [0.25, 0.3) is 5.56 Å². The number of para-hydroxylation sites is 3. The molecule has 2 N–H and O–H groups in total. The summed E-state index contributed by atoms with van der Waals surface area (Å²) in [5.74, 6) is 0.0943. The molecule has 0 fully saturated rings. The van der Waals surface area contributed by atoms with Crippen LogP contribution in [-0.2, 0) is 11.3 Å². The Kier molecular flexibility index (Phi) is 4.51. The number of fused-ring (bicyclic) bond motifs is 2. The number of nitrogens with zero attached hydrogens (tertiary/aromatic N) is 1. The number of rotatable bonds is 3. The number of pyridine rings is 1. The van der Waals surface area contributed by atoms with Crippen molar-refractivity contribution in [1.29, 1.82) is 0 Å². The minimum Gasteiger partial charge on any atom is -0.372 e. The van der Waals surface area contributed by atoms with E-state index in [0.717, 1.165) is 40.8 Å². The molecule has 2 heterocycles. The Morgan fingerprint density at radius 1 is 1.03 bits per heavy atom. The number of carbonyl (C=O) groups excluding carboxylic acids is 1. The Hall–Kier alpha value is -3.60. The maximum absolute atomic E-state index is 13.6. The quantitative estimate of drug-likeness (QED) is 0.625. The third-order valence-corrected chi connectivity index (χ3v) is 5.91. The number of hydrogen-bond acceptors (Lipinski definition) is 4. The van der Waals surface area contributed by atoms with Crippen molar-refractivity contribution in [2.45, 2.75) is 31.8 Å². The van der Waals surface area contributed by atoms with Crippen LogP contribution in [0.15, 0.2) is 83.3 Å². The molecule has 5 heteroatoms. The van der Waals surface area contributed by atoms with Gasteiger partial charge < -0.3 is 15.2 Å². The van der Waals surface area contributed by atoms with Gasteiger partial charge in [-0.25, -0.2) is 0 Å². The highest BCUT2D eigenvalue weighted by atomic mass is 16.1. The summed E-state index contributed by atoms with van der Waals surface area (Å²) < 4.78 is 1.73. The second-order valence-electron chi connectivity index (χ2n) is 7.78. The maximum Gasteiger partial charge on any atom is 0.256 e. The van der Waals surface area contributed by atoms with Crippen LogP contribution in [0.1, 0.15) is 30.9 Å². The number of benzene rings is 2. The second kappa shape index (κ2) is 7.34. The molecular formula is C25H23N3O2. The van der Waals surface area contributed by atoms with E-state index in [0.29, 0.717) is 24.1 Å². The first-order valence-electron chi connectivity index (χ1n) is 10.3. The first-order valence-corrected chi connectivity index (χ1v) is 10.3. The van der Waals surface area contributed by atoms with Crippen LogP contribution in [0.4, 0.5) is 11.4 Å². The summed E-state index contributed by atoms with van der Waals surface area (Å²) in [6.45, 7) is 4.23. The summed E-state index contributed by atoms with van der Waals surface area (Å²) in [6, 6.07) is 17.1. The van der Waals surface area contributed by atoms with Gasteiger partial charge in [-0.15, -0.1) is 6.58 Å². The number of aromatic nitrogens is 1. The van der Waals surface area contributed by atoms with Crippen molar-refractivity contribution in [1.82, 2.24) is 4.57 Å². The Morgan fingerprint density at radius 2 is 1.80 bits per heavy atom. The molecule has 3 aromatic rings. The van der Waals surface area contributed by atoms with E-state index < -0.39 is 6.04 Å². The van der Waals surface area contributed by atoms with Crippen LogP contribution >= 0.6 is 0 Å². The lowest BCUT2D eigenvalue weighted by atomic mass is 9.86. The van der Waals surface area contributed by atoms with E-state index in [1.54, 1.807) is 10.6 Å². The first kappa shape index (κ1) is 18.4. The summed E-state index contributed by atoms with van der Waals surface area (Å²) in [7, 11) is 0. The van der Waals surface area contributed by atoms with Crippen molar-refractivity contribution < 1.29 is 4.79 Å². The number of nitrogens with one attached hydrogen (secondary N) is 2. The van der Waals surface area contributed by atoms with Crippen molar-refractivity contribution >= 4 is 28.1 Å². The molecule has 0 amide bonds. The van der Waals surface area contributed by atoms with Crippen LogP contribution in [0.3, 0.4) is 0 Å². The van der Waals surface area contributed by atoms with E-state index in [1.807, 2.05) is 54.6 Å². The lowest BCUT2D eigenvalue weighted by Gasteiger charge is -2.26. The maximum atomic E-state index is 13.6. The van der Waals surface area contributed by atoms with Gasteiger partial charge in [-0.1, -0.05) is 36.4 Å². The summed E-state index contributed by atoms with van der Waals surface area (Å²) in [5, 5.41) is 7.92. The molecule has 0 radical (unpaired) electrons. The normalized spacial score (nSPS) is 18.1. The molecule has 2 aliphatic rings. The van der Waals surface area contributed by atoms with Crippen molar-refractivity contribution in [3.8, 4) is 0 Å². The number of hydrogen-bond donors (Lipinski definition) is 2. The van der Waals surface area contributed by atoms with E-state index in [-0.39, 0.29) is 11.3 Å². The molecule has 1 unspecified atom stereocenters. The molecule has 1 atom stereocenters. The molecule has 1 aromatic heterocycles. The van der Waals surface area contributed by atoms with Gasteiger partial charge in [-0.3, -0.25) is 9.59 Å². The fourth-order valence-corrected chi connectivity index (χ4v) is 4.54. The molecule has 30 heavy (non-hydrogen) atoms. The van der Waals surface area contributed by atoms with Gasteiger partial charge >= 0.3 is 0 Å². The molecule has 150 valence electrons. The number of carbonyl (C=O) groups is 1. The summed E-state index contributed by atoms with van der Waals surface area (Å²) >= 11 is 0. The predicted molar refractivity (Wildman–Crippen MR) is 121 cm³/mol. The highest BCUT2D eigenvalue weighted by Crippen LogP contribution is 2.40. The fraction of sp³-hybridized carbons (Fsp3) is 0.200. The summed E-state index contributed by atoms with van der Waals surface area (Å²) in [6.07, 6.45) is 3.84. The molecule has 0 saturated heterocycles. The molecule has 0 bridgehead atoms. The predicted octanol–water partition coefficient (Wildman–Crippen LogP) is 4.77. The fourth-order valence-electron chi connectivity index (χ4n) is 4.54. The Morgan fingerprint density at radius 3 is 2.63 bits per heavy atom. The standard InChI is InChI=1S/C25H23N3O2/c1-2-14-28-21-12-6-3-8-16(21)15-17(25(28)30)24-23-20(11-7-13-22(23)29)26-18-9-4-5-10-19(18)27-24/h2-6,8-10,12,15,24,26-27H,1,7,11,13-14H2. The molecule has 0 spiro atoms. The molecule has 1 aliphatic carbocycles. The Balaban J connectivity index is 1.78. The second-order valence-corrected chi connectivity index (χ2v) is 7.78. The number of allylic oxidation sites excluding steroid dienone is 2. The highest BCUT2D eigenvalue weighted by Gasteiger charge is 2.33. The number of anilines is 2. The van der Waals surface area contributed by atoms with Crippen LogP contribution in [0.5, 0.6) is 0 Å². The van der Waals surface area contributed by atoms with Gasteiger partial charge in [-0.2, -0.15) is 0 Å². The van der Waals surface area contributed by atoms with Crippen LogP contribution in [-0.4, -0.2) is 10.4 Å². The van der Waals surface area contributed by atoms with E-state index in [1.165, 1.54) is 0 Å². The minimum atomic E-state index is -0.503. The topological polar surface area (TPSA) is 63.1 Å². The average Bonchev–Trinajstić information content (AvgIpc) is 2.93. The molecule has 2 aromatic carbocycles. The van der Waals surface area contributed by atoms with E-state index >= 15 is 0 Å². The van der Waals surface area contributed by atoms with Crippen LogP contribution in [0, 0.1) is 0 Å². The van der Waals surface area contributed by atoms with Crippen molar-refractivity contribution in [2.75, 3.05) is 10.6 Å². The Labute approximate surface area is 174 Å². The molecule has 5 nitrogen and oxygen atoms in total. The monoisotopic (exact) mass is 397 g/mol. The summed E-state index contributed by atoms with van der Waals surface area (Å²) in [4.78, 5) is 26.6. The average molecular weight is 397 g/mol. The van der Waals surface area contributed by atoms with Crippen LogP contribution < -0.4 is 16.2 Å². The third kappa shape index (κ3) is 2.94. The lowest BCUT2D eigenvalue weighted by Crippen LogP contribution is -2.31. The first-order chi connectivity index (χ1) is 14.7. The van der Waals surface area contributed by atoms with Gasteiger partial charge in [-0.05, 0) is 42.5 Å². The highest BCUT2D eigenvalue weighted by molar-refractivity contribution is 6.00. The zero-order chi connectivity index (χ0) is 20.7. The third-order valence-electron chi connectivity index (χ3n) is 5.91. The molecule has 0 saturated carbocycles. The van der Waals surface area contributed by atoms with Gasteiger partial charge in [0.05, 0.1) is 22.9 Å². The van der Waals surface area contributed by atoms with Gasteiger partial charge in [0, 0.05) is 29.8 Å². The summed E-state index contributed by atoms with van der Waals surface area (Å²) in [5.41, 5.74) is 4.74. The van der Waals surface area contributed by atoms with E-state index in [9.17, 15) is 9.59 Å². The molecule has 1 aliphatic heterocycles. The molecule has 5 rings (SSSR count). The Bertz CT molecular complexity index is 1270. The number of Topliss-reactive ketones (excluding diaryl/α,β-unsaturated/α-hetero) is 1.